The molecule has 0 bridgehead atoms. The molecule has 3 aliphatic rings. The Kier molecular flexibility index (Phi) is 11.6. The van der Waals surface area contributed by atoms with E-state index in [1.807, 2.05) is 0 Å². The van der Waals surface area contributed by atoms with Crippen LogP contribution in [0.1, 0.15) is 35.3 Å². The highest BCUT2D eigenvalue weighted by atomic mass is 15.2. The van der Waals surface area contributed by atoms with Crippen molar-refractivity contribution < 1.29 is 0 Å². The third-order valence-electron chi connectivity index (χ3n) is 20.4. The molecule has 0 amide bonds. The Hall–Kier alpha value is -12.1. The second-order valence-electron chi connectivity index (χ2n) is 25.6. The molecule has 0 saturated heterocycles. The Morgan fingerprint density at radius 2 is 0.894 bits per heavy atom. The Balaban J connectivity index is 0.755. The van der Waals surface area contributed by atoms with E-state index in [0.29, 0.717) is 6.42 Å². The van der Waals surface area contributed by atoms with Crippen LogP contribution in [0.2, 0.25) is 0 Å². The van der Waals surface area contributed by atoms with Crippen LogP contribution in [0.5, 0.6) is 0 Å². The molecular formula is C88H58N6. The van der Waals surface area contributed by atoms with Crippen LogP contribution in [0, 0.1) is 0 Å². The number of allylic oxidation sites excluding steroid dienone is 5. The topological polar surface area (TPSA) is 43.8 Å². The van der Waals surface area contributed by atoms with Gasteiger partial charge in [0.05, 0.1) is 45.4 Å². The van der Waals surface area contributed by atoms with Crippen LogP contribution in [-0.4, -0.2) is 29.7 Å². The van der Waals surface area contributed by atoms with Gasteiger partial charge in [0, 0.05) is 95.0 Å². The lowest BCUT2D eigenvalue weighted by molar-refractivity contribution is 0.639. The third-order valence-corrected chi connectivity index (χ3v) is 20.4. The fourth-order valence-corrected chi connectivity index (χ4v) is 16.2. The van der Waals surface area contributed by atoms with Crippen molar-refractivity contribution >= 4 is 115 Å². The molecule has 0 N–H and O–H groups in total. The van der Waals surface area contributed by atoms with E-state index in [4.69, 9.17) is 9.97 Å². The van der Waals surface area contributed by atoms with E-state index in [0.717, 1.165) is 61.4 Å². The maximum atomic E-state index is 5.83. The molecule has 13 aromatic carbocycles. The van der Waals surface area contributed by atoms with Gasteiger partial charge in [-0.25, -0.2) is 9.97 Å². The first-order valence-electron chi connectivity index (χ1n) is 32.7. The first kappa shape index (κ1) is 52.6. The quantitative estimate of drug-likeness (QED) is 0.142. The van der Waals surface area contributed by atoms with Crippen LogP contribution in [0.3, 0.4) is 0 Å². The molecule has 6 nitrogen and oxygen atoms in total. The standard InChI is InChI=1S/C88H58N6/c1-3-22-64(23-4-1)91-78-31-15-11-27-69(78)73-50-58(38-43-82(73)91)60-40-45-84-75(52-60)71-29-13-17-33-80(71)93(84)66-48-63(88-89-77-42-37-56-20-9-10-26-68(56)86(77)87(90-88)62-36-35-55-19-7-8-21-57(55)47-62)49-67(54-66)94-81-34-18-14-30-72(81)76-53-61(41-46-85(76)94)59-39-44-83-74(51-59)70-28-12-16-32-79(70)92(83)65-24-5-2-6-25-65/h1-48,50-54,67,75,84H,49H2. The van der Waals surface area contributed by atoms with E-state index in [2.05, 4.69) is 340 Å². The largest absolute Gasteiger partial charge is 0.334 e. The van der Waals surface area contributed by atoms with Crippen molar-refractivity contribution in [3.63, 3.8) is 0 Å². The average molecular weight is 1200 g/mol. The molecule has 20 rings (SSSR count). The average Bonchev–Trinajstić information content (AvgIpc) is 1.87. The lowest BCUT2D eigenvalue weighted by Crippen LogP contribution is -2.33. The zero-order valence-electron chi connectivity index (χ0n) is 51.2. The molecule has 6 heteroatoms. The highest BCUT2D eigenvalue weighted by Gasteiger charge is 2.40. The van der Waals surface area contributed by atoms with Crippen LogP contribution in [0.4, 0.5) is 5.69 Å². The summed E-state index contributed by atoms with van der Waals surface area (Å²) in [5.74, 6) is 0.823. The molecule has 94 heavy (non-hydrogen) atoms. The van der Waals surface area contributed by atoms with Gasteiger partial charge in [0.25, 0.3) is 0 Å². The van der Waals surface area contributed by atoms with Crippen LogP contribution in [0.15, 0.2) is 327 Å². The summed E-state index contributed by atoms with van der Waals surface area (Å²) in [6, 6.07) is 107. The van der Waals surface area contributed by atoms with Gasteiger partial charge < -0.3 is 18.6 Å². The van der Waals surface area contributed by atoms with Crippen molar-refractivity contribution in [2.75, 3.05) is 4.90 Å². The second kappa shape index (κ2) is 20.7. The van der Waals surface area contributed by atoms with Gasteiger partial charge >= 0.3 is 0 Å². The smallest absolute Gasteiger partial charge is 0.156 e. The van der Waals surface area contributed by atoms with E-state index in [1.165, 1.54) is 110 Å². The van der Waals surface area contributed by atoms with E-state index in [-0.39, 0.29) is 18.0 Å². The number of para-hydroxylation sites is 6. The zero-order valence-corrected chi connectivity index (χ0v) is 51.2. The maximum absolute atomic E-state index is 5.83. The number of hydrogen-bond acceptors (Lipinski definition) is 3. The van der Waals surface area contributed by atoms with Crippen molar-refractivity contribution in [2.45, 2.75) is 24.4 Å². The second-order valence-corrected chi connectivity index (χ2v) is 25.6. The van der Waals surface area contributed by atoms with Crippen molar-refractivity contribution in [2.24, 2.45) is 0 Å². The molecule has 0 spiro atoms. The molecule has 1 aliphatic heterocycles. The van der Waals surface area contributed by atoms with E-state index in [9.17, 15) is 0 Å². The maximum Gasteiger partial charge on any atom is 0.156 e. The Morgan fingerprint density at radius 3 is 1.61 bits per heavy atom. The fourth-order valence-electron chi connectivity index (χ4n) is 16.2. The Bertz CT molecular complexity index is 6170. The minimum Gasteiger partial charge on any atom is -0.334 e. The summed E-state index contributed by atoms with van der Waals surface area (Å²) < 4.78 is 7.39. The third kappa shape index (κ3) is 8.09. The summed E-state index contributed by atoms with van der Waals surface area (Å²) in [6.07, 6.45) is 13.0. The van der Waals surface area contributed by atoms with Gasteiger partial charge in [-0.15, -0.1) is 0 Å². The normalized spacial score (nSPS) is 16.3. The van der Waals surface area contributed by atoms with Gasteiger partial charge in [0.2, 0.25) is 0 Å². The van der Waals surface area contributed by atoms with Gasteiger partial charge in [-0.05, 0) is 159 Å². The molecule has 4 aromatic heterocycles. The van der Waals surface area contributed by atoms with Crippen LogP contribution >= 0.6 is 0 Å². The van der Waals surface area contributed by atoms with E-state index >= 15 is 0 Å². The number of benzene rings is 13. The fraction of sp³-hybridized carbons (Fsp3) is 0.0455. The van der Waals surface area contributed by atoms with Gasteiger partial charge in [0.1, 0.15) is 0 Å². The highest BCUT2D eigenvalue weighted by molar-refractivity contribution is 6.15. The number of hydrogen-bond donors (Lipinski definition) is 0. The molecule has 5 heterocycles. The summed E-state index contributed by atoms with van der Waals surface area (Å²) in [5, 5.41) is 13.2. The number of anilines is 1. The zero-order chi connectivity index (χ0) is 61.5. The van der Waals surface area contributed by atoms with Gasteiger partial charge in [0.15, 0.2) is 5.82 Å². The number of fused-ring (bicyclic) bond motifs is 16. The summed E-state index contributed by atoms with van der Waals surface area (Å²) >= 11 is 0. The molecule has 0 fully saturated rings. The Morgan fingerprint density at radius 1 is 0.372 bits per heavy atom. The molecule has 3 unspecified atom stereocenters. The molecule has 440 valence electrons. The predicted octanol–water partition coefficient (Wildman–Crippen LogP) is 22.1. The van der Waals surface area contributed by atoms with Crippen molar-refractivity contribution in [3.05, 3.63) is 344 Å². The number of aromatic nitrogens is 5. The minimum atomic E-state index is -0.127. The van der Waals surface area contributed by atoms with Gasteiger partial charge in [-0.2, -0.15) is 0 Å². The predicted molar refractivity (Wildman–Crippen MR) is 392 cm³/mol. The molecular weight excluding hydrogens is 1140 g/mol. The summed E-state index contributed by atoms with van der Waals surface area (Å²) in [6.45, 7) is 0. The highest BCUT2D eigenvalue weighted by Crippen LogP contribution is 2.51. The minimum absolute atomic E-state index is 0.00388. The number of rotatable bonds is 8. The van der Waals surface area contributed by atoms with Crippen LogP contribution in [-0.2, 0) is 0 Å². The lowest BCUT2D eigenvalue weighted by Gasteiger charge is -2.34. The van der Waals surface area contributed by atoms with E-state index < -0.39 is 0 Å². The summed E-state index contributed by atoms with van der Waals surface area (Å²) in [4.78, 5) is 14.1. The molecule has 0 radical (unpaired) electrons. The first-order valence-corrected chi connectivity index (χ1v) is 32.7. The van der Waals surface area contributed by atoms with Crippen molar-refractivity contribution in [1.82, 2.24) is 23.7 Å². The molecule has 3 atom stereocenters. The van der Waals surface area contributed by atoms with Crippen molar-refractivity contribution in [1.29, 1.82) is 0 Å². The monoisotopic (exact) mass is 1200 g/mol. The van der Waals surface area contributed by atoms with E-state index in [1.54, 1.807) is 0 Å². The van der Waals surface area contributed by atoms with Crippen LogP contribution < -0.4 is 4.90 Å². The first-order chi connectivity index (χ1) is 46.6. The van der Waals surface area contributed by atoms with Gasteiger partial charge in [-0.1, -0.05) is 212 Å². The summed E-state index contributed by atoms with van der Waals surface area (Å²) in [5.41, 5.74) is 22.0. The molecule has 0 saturated carbocycles. The van der Waals surface area contributed by atoms with Crippen molar-refractivity contribution in [3.8, 4) is 33.8 Å². The number of nitrogens with zero attached hydrogens (tertiary/aromatic N) is 6. The SMILES string of the molecule is C1=CC2C(C=C1c1ccc3c(c1)c1ccccc1n3-c1ccccc1)c1ccccc1N2C1=CC(n2c3ccccc3c3cc(-c4ccc5c(c4)c4ccccc4n5-c4ccccc4)ccc32)CC(c2nc(-c3ccc4ccccc4c3)c3c(ccc4ccccc43)n2)=C1. The Labute approximate surface area is 542 Å². The van der Waals surface area contributed by atoms with Crippen LogP contribution in [0.25, 0.3) is 143 Å². The molecule has 17 aromatic rings. The lowest BCUT2D eigenvalue weighted by atomic mass is 9.86. The van der Waals surface area contributed by atoms with Gasteiger partial charge in [-0.3, -0.25) is 0 Å². The summed E-state index contributed by atoms with van der Waals surface area (Å²) in [7, 11) is 0. The molecule has 2 aliphatic carbocycles.